The van der Waals surface area contributed by atoms with Crippen molar-refractivity contribution in [3.63, 3.8) is 0 Å². The van der Waals surface area contributed by atoms with Crippen LogP contribution in [0.4, 0.5) is 10.5 Å². The third-order valence-electron chi connectivity index (χ3n) is 3.97. The van der Waals surface area contributed by atoms with Crippen molar-refractivity contribution in [1.82, 2.24) is 10.4 Å². The lowest BCUT2D eigenvalue weighted by Crippen LogP contribution is -2.29. The topological polar surface area (TPSA) is 86.4 Å². The minimum absolute atomic E-state index is 0.236. The Morgan fingerprint density at radius 2 is 1.96 bits per heavy atom. The summed E-state index contributed by atoms with van der Waals surface area (Å²) in [4.78, 5) is 14.5. The normalized spacial score (nSPS) is 10.6. The van der Waals surface area contributed by atoms with E-state index < -0.39 is 6.09 Å². The Kier molecular flexibility index (Phi) is 4.04. The van der Waals surface area contributed by atoms with Crippen LogP contribution in [0, 0.1) is 13.8 Å². The van der Waals surface area contributed by atoms with Crippen molar-refractivity contribution in [3.05, 3.63) is 47.7 Å². The number of aryl methyl sites for hydroxylation is 2. The van der Waals surface area contributed by atoms with Gasteiger partial charge in [-0.25, -0.2) is 10.2 Å². The number of aromatic hydroxyl groups is 1. The molecule has 0 saturated carbocycles. The maximum Gasteiger partial charge on any atom is 0.425 e. The number of H-pyrrole nitrogens is 1. The number of ether oxygens (including phenoxy) is 1. The molecule has 124 valence electrons. The number of aromatic amines is 1. The second-order valence-corrected chi connectivity index (χ2v) is 5.63. The van der Waals surface area contributed by atoms with E-state index in [-0.39, 0.29) is 5.75 Å². The third-order valence-corrected chi connectivity index (χ3v) is 3.97. The largest absolute Gasteiger partial charge is 0.508 e. The zero-order chi connectivity index (χ0) is 17.3. The summed E-state index contributed by atoms with van der Waals surface area (Å²) in [5, 5.41) is 10.8. The van der Waals surface area contributed by atoms with Crippen LogP contribution in [0.25, 0.3) is 22.0 Å². The van der Waals surface area contributed by atoms with Crippen molar-refractivity contribution in [3.8, 4) is 16.9 Å². The van der Waals surface area contributed by atoms with Gasteiger partial charge in [-0.05, 0) is 55.3 Å². The molecule has 1 aromatic heterocycles. The highest BCUT2D eigenvalue weighted by Crippen LogP contribution is 2.35. The fourth-order valence-electron chi connectivity index (χ4n) is 2.82. The molecule has 0 radical (unpaired) electrons. The number of anilines is 1. The van der Waals surface area contributed by atoms with Gasteiger partial charge >= 0.3 is 6.09 Å². The first-order valence-corrected chi connectivity index (χ1v) is 7.52. The number of amides is 1. The van der Waals surface area contributed by atoms with E-state index in [4.69, 9.17) is 0 Å². The van der Waals surface area contributed by atoms with Crippen LogP contribution in [0.5, 0.6) is 5.75 Å². The average molecular weight is 325 g/mol. The molecule has 0 fully saturated rings. The van der Waals surface area contributed by atoms with Gasteiger partial charge in [0.15, 0.2) is 0 Å². The first-order valence-electron chi connectivity index (χ1n) is 7.52. The standard InChI is InChI=1S/C18H19N3O3/c1-10-8-12(4-6-15(10)20-21-18(23)24-3)17-11(2)19-16-7-5-13(22)9-14(16)17/h4-9,19-20,22H,1-3H3,(H,21,23). The number of carbonyl (C=O) groups excluding carboxylic acids is 1. The number of nitrogens with one attached hydrogen (secondary N) is 3. The average Bonchev–Trinajstić information content (AvgIpc) is 2.88. The summed E-state index contributed by atoms with van der Waals surface area (Å²) >= 11 is 0. The van der Waals surface area contributed by atoms with Gasteiger partial charge in [0.2, 0.25) is 0 Å². The van der Waals surface area contributed by atoms with Gasteiger partial charge in [-0.3, -0.25) is 5.43 Å². The second kappa shape index (κ2) is 6.16. The molecular weight excluding hydrogens is 306 g/mol. The van der Waals surface area contributed by atoms with E-state index in [0.29, 0.717) is 0 Å². The number of fused-ring (bicyclic) bond motifs is 1. The highest BCUT2D eigenvalue weighted by Gasteiger charge is 2.12. The van der Waals surface area contributed by atoms with Crippen LogP contribution in [0.15, 0.2) is 36.4 Å². The van der Waals surface area contributed by atoms with E-state index in [0.717, 1.165) is 39.0 Å². The van der Waals surface area contributed by atoms with E-state index in [1.54, 1.807) is 12.1 Å². The fourth-order valence-corrected chi connectivity index (χ4v) is 2.82. The molecule has 0 aliphatic rings. The van der Waals surface area contributed by atoms with Gasteiger partial charge in [0.1, 0.15) is 5.75 Å². The summed E-state index contributed by atoms with van der Waals surface area (Å²) in [6.07, 6.45) is -0.554. The number of aromatic nitrogens is 1. The van der Waals surface area contributed by atoms with Gasteiger partial charge in [0.25, 0.3) is 0 Å². The minimum Gasteiger partial charge on any atom is -0.508 e. The van der Waals surface area contributed by atoms with Crippen molar-refractivity contribution < 1.29 is 14.6 Å². The molecule has 1 amide bonds. The zero-order valence-corrected chi connectivity index (χ0v) is 13.7. The third kappa shape index (κ3) is 2.86. The van der Waals surface area contributed by atoms with Crippen molar-refractivity contribution in [2.45, 2.75) is 13.8 Å². The number of phenols is 1. The van der Waals surface area contributed by atoms with Crippen molar-refractivity contribution in [1.29, 1.82) is 0 Å². The number of hydrogen-bond donors (Lipinski definition) is 4. The van der Waals surface area contributed by atoms with Crippen LogP contribution < -0.4 is 10.9 Å². The van der Waals surface area contributed by atoms with Crippen molar-refractivity contribution in [2.75, 3.05) is 12.5 Å². The van der Waals surface area contributed by atoms with Crippen LogP contribution in [0.2, 0.25) is 0 Å². The van der Waals surface area contributed by atoms with E-state index >= 15 is 0 Å². The molecule has 0 aliphatic carbocycles. The van der Waals surface area contributed by atoms with Gasteiger partial charge in [-0.2, -0.15) is 0 Å². The first-order chi connectivity index (χ1) is 11.5. The Morgan fingerprint density at radius 1 is 1.17 bits per heavy atom. The smallest absolute Gasteiger partial charge is 0.425 e. The molecule has 1 heterocycles. The number of rotatable bonds is 3. The summed E-state index contributed by atoms with van der Waals surface area (Å²) in [5.74, 6) is 0.236. The van der Waals surface area contributed by atoms with E-state index in [1.165, 1.54) is 7.11 Å². The molecule has 3 rings (SSSR count). The number of hydrazine groups is 1. The predicted molar refractivity (Wildman–Crippen MR) is 94.0 cm³/mol. The minimum atomic E-state index is -0.554. The maximum atomic E-state index is 11.1. The lowest BCUT2D eigenvalue weighted by Gasteiger charge is -2.12. The van der Waals surface area contributed by atoms with E-state index in [9.17, 15) is 9.90 Å². The lowest BCUT2D eigenvalue weighted by molar-refractivity contribution is 0.173. The molecule has 24 heavy (non-hydrogen) atoms. The summed E-state index contributed by atoms with van der Waals surface area (Å²) in [5.41, 5.74) is 11.1. The number of methoxy groups -OCH3 is 1. The molecule has 6 heteroatoms. The van der Waals surface area contributed by atoms with Crippen LogP contribution in [0.1, 0.15) is 11.3 Å². The number of carbonyl (C=O) groups is 1. The van der Waals surface area contributed by atoms with Gasteiger partial charge in [0, 0.05) is 22.2 Å². The molecule has 0 atom stereocenters. The highest BCUT2D eigenvalue weighted by molar-refractivity contribution is 5.98. The summed E-state index contributed by atoms with van der Waals surface area (Å²) in [6.45, 7) is 3.96. The zero-order valence-electron chi connectivity index (χ0n) is 13.7. The highest BCUT2D eigenvalue weighted by atomic mass is 16.5. The number of benzene rings is 2. The van der Waals surface area contributed by atoms with Crippen molar-refractivity contribution >= 4 is 22.7 Å². The van der Waals surface area contributed by atoms with Crippen LogP contribution in [-0.2, 0) is 4.74 Å². The van der Waals surface area contributed by atoms with Crippen LogP contribution in [-0.4, -0.2) is 23.3 Å². The SMILES string of the molecule is COC(=O)NNc1ccc(-c2c(C)[nH]c3ccc(O)cc23)cc1C. The second-order valence-electron chi connectivity index (χ2n) is 5.63. The van der Waals surface area contributed by atoms with Crippen LogP contribution in [0.3, 0.4) is 0 Å². The molecule has 0 saturated heterocycles. The molecule has 2 aromatic carbocycles. The molecular formula is C18H19N3O3. The number of phenolic OH excluding ortho intramolecular Hbond substituents is 1. The quantitative estimate of drug-likeness (QED) is 0.551. The monoisotopic (exact) mass is 325 g/mol. The maximum absolute atomic E-state index is 11.1. The van der Waals surface area contributed by atoms with Gasteiger partial charge in [-0.15, -0.1) is 0 Å². The fraction of sp³-hybridized carbons (Fsp3) is 0.167. The van der Waals surface area contributed by atoms with Gasteiger partial charge in [0.05, 0.1) is 12.8 Å². The summed E-state index contributed by atoms with van der Waals surface area (Å²) in [6, 6.07) is 11.2. The van der Waals surface area contributed by atoms with E-state index in [1.807, 2.05) is 38.1 Å². The molecule has 3 aromatic rings. The Labute approximate surface area is 139 Å². The Hall–Kier alpha value is -3.15. The Morgan fingerprint density at radius 3 is 2.67 bits per heavy atom. The number of hydrogen-bond acceptors (Lipinski definition) is 4. The summed E-state index contributed by atoms with van der Waals surface area (Å²) < 4.78 is 4.53. The molecule has 0 spiro atoms. The first kappa shape index (κ1) is 15.7. The molecule has 6 nitrogen and oxygen atoms in total. The Balaban J connectivity index is 1.99. The van der Waals surface area contributed by atoms with Crippen molar-refractivity contribution in [2.24, 2.45) is 0 Å². The molecule has 0 bridgehead atoms. The lowest BCUT2D eigenvalue weighted by atomic mass is 9.99. The molecule has 0 unspecified atom stereocenters. The van der Waals surface area contributed by atoms with Crippen LogP contribution >= 0.6 is 0 Å². The molecule has 4 N–H and O–H groups in total. The Bertz CT molecular complexity index is 915. The summed E-state index contributed by atoms with van der Waals surface area (Å²) in [7, 11) is 1.31. The van der Waals surface area contributed by atoms with Gasteiger partial charge < -0.3 is 14.8 Å². The van der Waals surface area contributed by atoms with E-state index in [2.05, 4.69) is 20.6 Å². The predicted octanol–water partition coefficient (Wildman–Crippen LogP) is 3.84. The molecule has 0 aliphatic heterocycles. The van der Waals surface area contributed by atoms with Gasteiger partial charge in [-0.1, -0.05) is 6.07 Å².